The third-order valence-electron chi connectivity index (χ3n) is 3.90. The van der Waals surface area contributed by atoms with Gasteiger partial charge >= 0.3 is 0 Å². The van der Waals surface area contributed by atoms with Gasteiger partial charge in [-0.2, -0.15) is 0 Å². The van der Waals surface area contributed by atoms with E-state index < -0.39 is 0 Å². The molecule has 1 atom stereocenters. The Morgan fingerprint density at radius 1 is 1.15 bits per heavy atom. The van der Waals surface area contributed by atoms with Crippen molar-refractivity contribution in [3.63, 3.8) is 0 Å². The van der Waals surface area contributed by atoms with Crippen LogP contribution in [0.15, 0.2) is 42.5 Å². The smallest absolute Gasteiger partial charge is 0.123 e. The van der Waals surface area contributed by atoms with Gasteiger partial charge in [0.15, 0.2) is 0 Å². The van der Waals surface area contributed by atoms with E-state index in [4.69, 9.17) is 11.6 Å². The Labute approximate surface area is 123 Å². The number of rotatable bonds is 4. The number of hydrogen-bond acceptors (Lipinski definition) is 1. The number of aryl methyl sites for hydroxylation is 1. The van der Waals surface area contributed by atoms with Crippen LogP contribution in [-0.2, 0) is 12.8 Å². The molecule has 1 aliphatic rings. The molecule has 0 saturated carbocycles. The normalized spacial score (nSPS) is 17.2. The van der Waals surface area contributed by atoms with Gasteiger partial charge in [-0.25, -0.2) is 4.39 Å². The molecule has 1 nitrogen and oxygen atoms in total. The highest BCUT2D eigenvalue weighted by atomic mass is 35.5. The molecule has 0 saturated heterocycles. The molecule has 0 fully saturated rings. The van der Waals surface area contributed by atoms with Crippen LogP contribution < -0.4 is 5.32 Å². The molecular formula is C17H17ClFN. The molecule has 0 heterocycles. The summed E-state index contributed by atoms with van der Waals surface area (Å²) in [6, 6.07) is 13.3. The van der Waals surface area contributed by atoms with Crippen molar-refractivity contribution in [1.29, 1.82) is 0 Å². The van der Waals surface area contributed by atoms with E-state index in [2.05, 4.69) is 17.4 Å². The molecule has 104 valence electrons. The second-order valence-electron chi connectivity index (χ2n) is 5.26. The van der Waals surface area contributed by atoms with Gasteiger partial charge in [0.05, 0.1) is 0 Å². The summed E-state index contributed by atoms with van der Waals surface area (Å²) in [6.45, 7) is 0.901. The molecule has 0 amide bonds. The lowest BCUT2D eigenvalue weighted by molar-refractivity contribution is 0.533. The maximum Gasteiger partial charge on any atom is 0.123 e. The van der Waals surface area contributed by atoms with Crippen LogP contribution in [0, 0.1) is 5.82 Å². The van der Waals surface area contributed by atoms with Crippen molar-refractivity contribution in [2.75, 3.05) is 6.54 Å². The monoisotopic (exact) mass is 289 g/mol. The first-order chi connectivity index (χ1) is 9.72. The summed E-state index contributed by atoms with van der Waals surface area (Å²) < 4.78 is 12.8. The molecule has 20 heavy (non-hydrogen) atoms. The van der Waals surface area contributed by atoms with E-state index in [0.717, 1.165) is 36.4 Å². The quantitative estimate of drug-likeness (QED) is 0.885. The molecule has 3 heteroatoms. The summed E-state index contributed by atoms with van der Waals surface area (Å²) in [5.74, 6) is -0.177. The number of fused-ring (bicyclic) bond motifs is 1. The second kappa shape index (κ2) is 5.94. The van der Waals surface area contributed by atoms with E-state index in [1.807, 2.05) is 18.2 Å². The second-order valence-corrected chi connectivity index (χ2v) is 5.70. The predicted octanol–water partition coefficient (Wildman–Crippen LogP) is 4.30. The zero-order valence-electron chi connectivity index (χ0n) is 11.2. The van der Waals surface area contributed by atoms with Crippen molar-refractivity contribution in [3.8, 4) is 0 Å². The van der Waals surface area contributed by atoms with Crippen molar-refractivity contribution in [2.24, 2.45) is 0 Å². The summed E-state index contributed by atoms with van der Waals surface area (Å²) in [4.78, 5) is 0. The van der Waals surface area contributed by atoms with Crippen LogP contribution in [0.3, 0.4) is 0 Å². The van der Waals surface area contributed by atoms with Gasteiger partial charge in [-0.05, 0) is 66.8 Å². The van der Waals surface area contributed by atoms with Crippen LogP contribution in [0.1, 0.15) is 29.2 Å². The van der Waals surface area contributed by atoms with E-state index >= 15 is 0 Å². The van der Waals surface area contributed by atoms with E-state index in [0.29, 0.717) is 6.04 Å². The minimum absolute atomic E-state index is 0.177. The highest BCUT2D eigenvalue weighted by Gasteiger charge is 2.21. The van der Waals surface area contributed by atoms with Gasteiger partial charge in [-0.1, -0.05) is 29.8 Å². The number of nitrogens with one attached hydrogen (secondary N) is 1. The zero-order chi connectivity index (χ0) is 13.9. The fourth-order valence-electron chi connectivity index (χ4n) is 2.84. The van der Waals surface area contributed by atoms with Crippen molar-refractivity contribution >= 4 is 11.6 Å². The molecule has 0 aliphatic heterocycles. The first kappa shape index (κ1) is 13.6. The van der Waals surface area contributed by atoms with E-state index in [1.165, 1.54) is 23.3 Å². The highest BCUT2D eigenvalue weighted by Crippen LogP contribution is 2.32. The predicted molar refractivity (Wildman–Crippen MR) is 80.6 cm³/mol. The summed E-state index contributed by atoms with van der Waals surface area (Å²) in [6.07, 6.45) is 3.13. The minimum Gasteiger partial charge on any atom is -0.310 e. The van der Waals surface area contributed by atoms with Gasteiger partial charge in [-0.3, -0.25) is 0 Å². The molecule has 1 N–H and O–H groups in total. The average Bonchev–Trinajstić information content (AvgIpc) is 2.83. The lowest BCUT2D eigenvalue weighted by Crippen LogP contribution is -2.21. The van der Waals surface area contributed by atoms with Crippen LogP contribution in [0.2, 0.25) is 5.02 Å². The van der Waals surface area contributed by atoms with Gasteiger partial charge < -0.3 is 5.32 Å². The fraction of sp³-hybridized carbons (Fsp3) is 0.294. The Bertz CT molecular complexity index is 594. The average molecular weight is 290 g/mol. The molecular weight excluding hydrogens is 273 g/mol. The summed E-state index contributed by atoms with van der Waals surface area (Å²) >= 11 is 6.02. The number of halogens is 2. The first-order valence-electron chi connectivity index (χ1n) is 6.98. The number of benzene rings is 2. The molecule has 2 aromatic carbocycles. The molecule has 0 radical (unpaired) electrons. The van der Waals surface area contributed by atoms with Gasteiger partial charge in [0.25, 0.3) is 0 Å². The maximum atomic E-state index is 12.8. The first-order valence-corrected chi connectivity index (χ1v) is 7.36. The molecule has 0 bridgehead atoms. The van der Waals surface area contributed by atoms with Crippen molar-refractivity contribution in [3.05, 3.63) is 70.0 Å². The van der Waals surface area contributed by atoms with Crippen LogP contribution in [0.25, 0.3) is 0 Å². The van der Waals surface area contributed by atoms with Gasteiger partial charge in [0.2, 0.25) is 0 Å². The van der Waals surface area contributed by atoms with Crippen LogP contribution in [0.4, 0.5) is 4.39 Å². The maximum absolute atomic E-state index is 12.8. The largest absolute Gasteiger partial charge is 0.310 e. The molecule has 3 rings (SSSR count). The van der Waals surface area contributed by atoms with Gasteiger partial charge in [0.1, 0.15) is 5.82 Å². The van der Waals surface area contributed by atoms with Crippen molar-refractivity contribution in [1.82, 2.24) is 5.32 Å². The fourth-order valence-corrected chi connectivity index (χ4v) is 3.03. The topological polar surface area (TPSA) is 12.0 Å². The molecule has 1 unspecified atom stereocenters. The zero-order valence-corrected chi connectivity index (χ0v) is 12.0. The SMILES string of the molecule is Fc1ccc(CCNC2CCc3cc(Cl)ccc32)cc1. The summed E-state index contributed by atoms with van der Waals surface area (Å²) in [5, 5.41) is 4.40. The molecule has 1 aliphatic carbocycles. The Morgan fingerprint density at radius 3 is 2.75 bits per heavy atom. The number of hydrogen-bond donors (Lipinski definition) is 1. The summed E-state index contributed by atoms with van der Waals surface area (Å²) in [7, 11) is 0. The lowest BCUT2D eigenvalue weighted by Gasteiger charge is -2.14. The van der Waals surface area contributed by atoms with E-state index in [-0.39, 0.29) is 5.82 Å². The van der Waals surface area contributed by atoms with Crippen LogP contribution in [0.5, 0.6) is 0 Å². The lowest BCUT2D eigenvalue weighted by atomic mass is 10.1. The Hall–Kier alpha value is -1.38. The third kappa shape index (κ3) is 3.02. The molecule has 0 aromatic heterocycles. The van der Waals surface area contributed by atoms with E-state index in [9.17, 15) is 4.39 Å². The van der Waals surface area contributed by atoms with Crippen LogP contribution in [-0.4, -0.2) is 6.54 Å². The third-order valence-corrected chi connectivity index (χ3v) is 4.14. The van der Waals surface area contributed by atoms with E-state index in [1.54, 1.807) is 0 Å². The van der Waals surface area contributed by atoms with Crippen molar-refractivity contribution < 1.29 is 4.39 Å². The Balaban J connectivity index is 1.57. The standard InChI is InChI=1S/C17H17ClFN/c18-14-4-7-16-13(11-14)3-8-17(16)20-10-9-12-1-5-15(19)6-2-12/h1-2,4-7,11,17,20H,3,8-10H2. The highest BCUT2D eigenvalue weighted by molar-refractivity contribution is 6.30. The minimum atomic E-state index is -0.177. The Morgan fingerprint density at radius 2 is 1.95 bits per heavy atom. The van der Waals surface area contributed by atoms with Gasteiger partial charge in [-0.15, -0.1) is 0 Å². The van der Waals surface area contributed by atoms with Crippen molar-refractivity contribution in [2.45, 2.75) is 25.3 Å². The molecule has 0 spiro atoms. The van der Waals surface area contributed by atoms with Crippen LogP contribution >= 0.6 is 11.6 Å². The summed E-state index contributed by atoms with van der Waals surface area (Å²) in [5.41, 5.74) is 3.89. The van der Waals surface area contributed by atoms with Gasteiger partial charge in [0, 0.05) is 11.1 Å². The Kier molecular flexibility index (Phi) is 4.04. The molecule has 2 aromatic rings.